The van der Waals surface area contributed by atoms with Crippen molar-refractivity contribution in [2.45, 2.75) is 25.9 Å². The number of carboxylic acid groups (broad SMARTS) is 1. The van der Waals surface area contributed by atoms with E-state index in [9.17, 15) is 9.90 Å². The van der Waals surface area contributed by atoms with Gasteiger partial charge < -0.3 is 10.2 Å². The maximum absolute atomic E-state index is 10.6. The first-order valence-corrected chi connectivity index (χ1v) is 4.16. The van der Waals surface area contributed by atoms with E-state index in [-0.39, 0.29) is 6.42 Å². The fourth-order valence-electron chi connectivity index (χ4n) is 1.01. The first-order chi connectivity index (χ1) is 6.43. The van der Waals surface area contributed by atoms with Crippen LogP contribution < -0.4 is 0 Å². The predicted molar refractivity (Wildman–Crippen MR) is 48.7 cm³/mol. The summed E-state index contributed by atoms with van der Waals surface area (Å²) >= 11 is 0. The first-order valence-electron chi connectivity index (χ1n) is 4.16. The topological polar surface area (TPSA) is 83.3 Å². The van der Waals surface area contributed by atoms with Crippen LogP contribution >= 0.6 is 0 Å². The molecule has 0 saturated heterocycles. The van der Waals surface area contributed by atoms with Crippen LogP contribution in [0.4, 0.5) is 0 Å². The highest BCUT2D eigenvalue weighted by atomic mass is 16.4. The number of aliphatic hydroxyl groups is 1. The van der Waals surface area contributed by atoms with Gasteiger partial charge in [0.05, 0.1) is 11.4 Å². The highest BCUT2D eigenvalue weighted by molar-refractivity contribution is 5.76. The van der Waals surface area contributed by atoms with Crippen molar-refractivity contribution in [3.8, 4) is 0 Å². The summed E-state index contributed by atoms with van der Waals surface area (Å²) in [6, 6.07) is 0. The number of aryl methyl sites for hydroxylation is 1. The molecule has 0 aliphatic rings. The van der Waals surface area contributed by atoms with Crippen molar-refractivity contribution in [1.29, 1.82) is 0 Å². The lowest BCUT2D eigenvalue weighted by Gasteiger charge is -2.17. The quantitative estimate of drug-likeness (QED) is 0.719. The highest BCUT2D eigenvalue weighted by Gasteiger charge is 2.31. The summed E-state index contributed by atoms with van der Waals surface area (Å²) in [5, 5.41) is 18.2. The Morgan fingerprint density at radius 3 is 2.57 bits per heavy atom. The number of hydrogen-bond acceptors (Lipinski definition) is 4. The van der Waals surface area contributed by atoms with Gasteiger partial charge in [0.2, 0.25) is 0 Å². The zero-order valence-electron chi connectivity index (χ0n) is 8.06. The molecule has 0 aliphatic carbocycles. The van der Waals surface area contributed by atoms with Gasteiger partial charge in [-0.05, 0) is 13.8 Å². The highest BCUT2D eigenvalue weighted by Crippen LogP contribution is 2.12. The Labute approximate surface area is 81.4 Å². The average Bonchev–Trinajstić information content (AvgIpc) is 2.08. The van der Waals surface area contributed by atoms with Crippen LogP contribution in [0, 0.1) is 6.92 Å². The second-order valence-corrected chi connectivity index (χ2v) is 3.34. The maximum atomic E-state index is 10.6. The lowest BCUT2D eigenvalue weighted by Crippen LogP contribution is -2.37. The lowest BCUT2D eigenvalue weighted by atomic mass is 9.99. The molecule has 1 aromatic heterocycles. The predicted octanol–water partition coefficient (Wildman–Crippen LogP) is 0.163. The normalized spacial score (nSPS) is 14.8. The molecule has 1 heterocycles. The van der Waals surface area contributed by atoms with Gasteiger partial charge in [-0.3, -0.25) is 9.97 Å². The van der Waals surface area contributed by atoms with Crippen LogP contribution in [0.5, 0.6) is 0 Å². The summed E-state index contributed by atoms with van der Waals surface area (Å²) in [5.74, 6) is -1.26. The third-order valence-corrected chi connectivity index (χ3v) is 1.96. The standard InChI is InChI=1S/C9H12N2O3/c1-6-7(11-4-3-10-6)5-9(2,14)8(12)13/h3-4,14H,5H2,1-2H3,(H,12,13). The largest absolute Gasteiger partial charge is 0.479 e. The van der Waals surface area contributed by atoms with E-state index in [0.29, 0.717) is 11.4 Å². The minimum Gasteiger partial charge on any atom is -0.479 e. The minimum absolute atomic E-state index is 0.0397. The minimum atomic E-state index is -1.79. The molecule has 0 radical (unpaired) electrons. The number of rotatable bonds is 3. The lowest BCUT2D eigenvalue weighted by molar-refractivity contribution is -0.156. The molecular formula is C9H12N2O3. The molecule has 1 aromatic rings. The third-order valence-electron chi connectivity index (χ3n) is 1.96. The molecule has 1 atom stereocenters. The third kappa shape index (κ3) is 2.26. The van der Waals surface area contributed by atoms with Crippen molar-refractivity contribution in [1.82, 2.24) is 9.97 Å². The maximum Gasteiger partial charge on any atom is 0.335 e. The monoisotopic (exact) mass is 196 g/mol. The molecule has 76 valence electrons. The molecule has 0 aliphatic heterocycles. The zero-order valence-corrected chi connectivity index (χ0v) is 8.06. The van der Waals surface area contributed by atoms with Gasteiger partial charge in [-0.15, -0.1) is 0 Å². The first kappa shape index (κ1) is 10.6. The smallest absolute Gasteiger partial charge is 0.335 e. The Balaban J connectivity index is 2.89. The van der Waals surface area contributed by atoms with E-state index in [2.05, 4.69) is 9.97 Å². The van der Waals surface area contributed by atoms with Crippen LogP contribution in [0.3, 0.4) is 0 Å². The summed E-state index contributed by atoms with van der Waals surface area (Å²) in [7, 11) is 0. The second kappa shape index (κ2) is 3.71. The van der Waals surface area contributed by atoms with Crippen LogP contribution in [-0.4, -0.2) is 31.8 Å². The van der Waals surface area contributed by atoms with Gasteiger partial charge in [-0.1, -0.05) is 0 Å². The van der Waals surface area contributed by atoms with Crippen LogP contribution in [0.2, 0.25) is 0 Å². The SMILES string of the molecule is Cc1nccnc1CC(C)(O)C(=O)O. The van der Waals surface area contributed by atoms with E-state index in [4.69, 9.17) is 5.11 Å². The Bertz CT molecular complexity index is 350. The van der Waals surface area contributed by atoms with Crippen molar-refractivity contribution in [2.75, 3.05) is 0 Å². The van der Waals surface area contributed by atoms with E-state index in [1.54, 1.807) is 6.92 Å². The Hall–Kier alpha value is -1.49. The average molecular weight is 196 g/mol. The van der Waals surface area contributed by atoms with Crippen LogP contribution in [0.1, 0.15) is 18.3 Å². The summed E-state index contributed by atoms with van der Waals surface area (Å²) in [6.07, 6.45) is 2.95. The van der Waals surface area contributed by atoms with Gasteiger partial charge >= 0.3 is 5.97 Å². The molecule has 0 bridgehead atoms. The van der Waals surface area contributed by atoms with Gasteiger partial charge in [0, 0.05) is 18.8 Å². The molecule has 14 heavy (non-hydrogen) atoms. The molecule has 2 N–H and O–H groups in total. The molecule has 0 amide bonds. The van der Waals surface area contributed by atoms with Gasteiger partial charge in [0.1, 0.15) is 0 Å². The molecule has 0 saturated carbocycles. The molecule has 0 fully saturated rings. The fourth-order valence-corrected chi connectivity index (χ4v) is 1.01. The molecule has 0 aromatic carbocycles. The Morgan fingerprint density at radius 2 is 2.07 bits per heavy atom. The number of hydrogen-bond donors (Lipinski definition) is 2. The van der Waals surface area contributed by atoms with Crippen LogP contribution in [0.15, 0.2) is 12.4 Å². The number of carbonyl (C=O) groups is 1. The second-order valence-electron chi connectivity index (χ2n) is 3.34. The fraction of sp³-hybridized carbons (Fsp3) is 0.444. The number of aromatic nitrogens is 2. The van der Waals surface area contributed by atoms with Crippen molar-refractivity contribution < 1.29 is 15.0 Å². The van der Waals surface area contributed by atoms with Crippen LogP contribution in [0.25, 0.3) is 0 Å². The number of aliphatic carboxylic acids is 1. The van der Waals surface area contributed by atoms with Crippen LogP contribution in [-0.2, 0) is 11.2 Å². The van der Waals surface area contributed by atoms with Gasteiger partial charge in [0.25, 0.3) is 0 Å². The molecule has 5 heteroatoms. The van der Waals surface area contributed by atoms with E-state index >= 15 is 0 Å². The number of nitrogens with zero attached hydrogens (tertiary/aromatic N) is 2. The molecule has 1 unspecified atom stereocenters. The summed E-state index contributed by atoms with van der Waals surface area (Å²) < 4.78 is 0. The summed E-state index contributed by atoms with van der Waals surface area (Å²) in [5.41, 5.74) is -0.658. The summed E-state index contributed by atoms with van der Waals surface area (Å²) in [4.78, 5) is 18.6. The zero-order chi connectivity index (χ0) is 10.8. The Morgan fingerprint density at radius 1 is 1.50 bits per heavy atom. The molecule has 1 rings (SSSR count). The molecule has 5 nitrogen and oxygen atoms in total. The van der Waals surface area contributed by atoms with Gasteiger partial charge in [-0.2, -0.15) is 0 Å². The van der Waals surface area contributed by atoms with Crippen molar-refractivity contribution >= 4 is 5.97 Å². The van der Waals surface area contributed by atoms with Gasteiger partial charge in [-0.25, -0.2) is 4.79 Å². The molecular weight excluding hydrogens is 184 g/mol. The van der Waals surface area contributed by atoms with E-state index in [1.165, 1.54) is 19.3 Å². The number of carboxylic acids is 1. The van der Waals surface area contributed by atoms with E-state index < -0.39 is 11.6 Å². The van der Waals surface area contributed by atoms with Crippen molar-refractivity contribution in [3.05, 3.63) is 23.8 Å². The van der Waals surface area contributed by atoms with Crippen molar-refractivity contribution in [3.63, 3.8) is 0 Å². The Kier molecular flexibility index (Phi) is 2.81. The molecule has 0 spiro atoms. The van der Waals surface area contributed by atoms with Gasteiger partial charge in [0.15, 0.2) is 5.60 Å². The van der Waals surface area contributed by atoms with E-state index in [1.807, 2.05) is 0 Å². The summed E-state index contributed by atoms with van der Waals surface area (Å²) in [6.45, 7) is 2.96. The van der Waals surface area contributed by atoms with Crippen molar-refractivity contribution in [2.24, 2.45) is 0 Å². The van der Waals surface area contributed by atoms with E-state index in [0.717, 1.165) is 0 Å².